The van der Waals surface area contributed by atoms with E-state index in [1.54, 1.807) is 24.5 Å². The van der Waals surface area contributed by atoms with Crippen LogP contribution in [0.1, 0.15) is 29.8 Å². The molecular weight excluding hydrogens is 517 g/mol. The average Bonchev–Trinajstić information content (AvgIpc) is 3.31. The number of pyridine rings is 1. The Kier molecular flexibility index (Phi) is 7.63. The molecule has 6 nitrogen and oxygen atoms in total. The number of benzene rings is 3. The smallest absolute Gasteiger partial charge is 0.225 e. The number of carbonyl (C=O) groups excluding carboxylic acids is 2. The third-order valence-electron chi connectivity index (χ3n) is 6.48. The Balaban J connectivity index is 1.52. The van der Waals surface area contributed by atoms with Crippen LogP contribution in [-0.2, 0) is 22.4 Å². The molecule has 0 saturated heterocycles. The molecule has 0 spiro atoms. The minimum absolute atomic E-state index is 0.00748. The molecule has 0 bridgehead atoms. The van der Waals surface area contributed by atoms with Gasteiger partial charge in [-0.05, 0) is 59.5 Å². The number of rotatable bonds is 8. The molecule has 2 amide bonds. The molecule has 0 unspecified atom stereocenters. The van der Waals surface area contributed by atoms with Crippen LogP contribution >= 0.6 is 0 Å². The van der Waals surface area contributed by atoms with Crippen molar-refractivity contribution in [1.29, 1.82) is 0 Å². The van der Waals surface area contributed by atoms with Gasteiger partial charge in [0.05, 0.1) is 23.8 Å². The number of carbonyl (C=O) groups is 2. The summed E-state index contributed by atoms with van der Waals surface area (Å²) in [4.78, 5) is 32.6. The fourth-order valence-electron chi connectivity index (χ4n) is 4.79. The van der Waals surface area contributed by atoms with Crippen molar-refractivity contribution in [2.24, 2.45) is 0 Å². The second-order valence-corrected chi connectivity index (χ2v) is 9.45. The van der Waals surface area contributed by atoms with Gasteiger partial charge in [-0.25, -0.2) is 13.2 Å². The maximum Gasteiger partial charge on any atom is 0.225 e. The number of amides is 2. The van der Waals surface area contributed by atoms with Gasteiger partial charge in [0.25, 0.3) is 0 Å². The number of hydrogen-bond donors (Lipinski definition) is 3. The number of nitrogens with one attached hydrogen (secondary N) is 3. The van der Waals surface area contributed by atoms with E-state index in [2.05, 4.69) is 20.6 Å². The van der Waals surface area contributed by atoms with Gasteiger partial charge < -0.3 is 15.6 Å². The molecule has 0 aliphatic carbocycles. The van der Waals surface area contributed by atoms with Crippen LogP contribution in [0.5, 0.6) is 0 Å². The van der Waals surface area contributed by atoms with Crippen LogP contribution in [-0.4, -0.2) is 21.8 Å². The number of H-pyrrole nitrogens is 1. The van der Waals surface area contributed by atoms with E-state index < -0.39 is 29.4 Å². The zero-order chi connectivity index (χ0) is 28.2. The lowest BCUT2D eigenvalue weighted by Crippen LogP contribution is -2.32. The second kappa shape index (κ2) is 11.4. The van der Waals surface area contributed by atoms with E-state index in [1.807, 2.05) is 24.3 Å². The van der Waals surface area contributed by atoms with Crippen LogP contribution in [0.4, 0.5) is 18.9 Å². The fraction of sp³-hybridized carbons (Fsp3) is 0.129. The van der Waals surface area contributed by atoms with Gasteiger partial charge >= 0.3 is 0 Å². The first kappa shape index (κ1) is 26.7. The number of nitrogens with zero attached hydrogens (tertiary/aromatic N) is 1. The van der Waals surface area contributed by atoms with Crippen LogP contribution in [0.25, 0.3) is 22.0 Å². The summed E-state index contributed by atoms with van der Waals surface area (Å²) in [5, 5.41) is 6.37. The Bertz CT molecular complexity index is 1700. The van der Waals surface area contributed by atoms with Crippen LogP contribution in [0.2, 0.25) is 0 Å². The van der Waals surface area contributed by atoms with Gasteiger partial charge in [-0.3, -0.25) is 14.6 Å². The summed E-state index contributed by atoms with van der Waals surface area (Å²) in [5.41, 5.74) is 3.52. The summed E-state index contributed by atoms with van der Waals surface area (Å²) in [6.45, 7) is 1.28. The zero-order valence-electron chi connectivity index (χ0n) is 21.5. The number of fused-ring (bicyclic) bond motifs is 1. The minimum atomic E-state index is -0.788. The van der Waals surface area contributed by atoms with Crippen LogP contribution in [0, 0.1) is 17.5 Å². The third-order valence-corrected chi connectivity index (χ3v) is 6.48. The maximum atomic E-state index is 14.4. The van der Waals surface area contributed by atoms with E-state index in [0.717, 1.165) is 22.5 Å². The molecule has 0 aliphatic heterocycles. The van der Waals surface area contributed by atoms with Crippen molar-refractivity contribution in [3.05, 3.63) is 119 Å². The van der Waals surface area contributed by atoms with E-state index in [4.69, 9.17) is 0 Å². The van der Waals surface area contributed by atoms with Crippen LogP contribution < -0.4 is 10.6 Å². The topological polar surface area (TPSA) is 86.9 Å². The molecule has 3 N–H and O–H groups in total. The van der Waals surface area contributed by atoms with Gasteiger partial charge in [-0.2, -0.15) is 0 Å². The lowest BCUT2D eigenvalue weighted by Gasteiger charge is -2.22. The summed E-state index contributed by atoms with van der Waals surface area (Å²) in [6, 6.07) is 17.7. The van der Waals surface area contributed by atoms with Gasteiger partial charge in [-0.1, -0.05) is 30.3 Å². The molecule has 9 heteroatoms. The molecule has 0 aliphatic rings. The van der Waals surface area contributed by atoms with E-state index in [0.29, 0.717) is 22.4 Å². The zero-order valence-corrected chi connectivity index (χ0v) is 21.5. The molecule has 5 aromatic rings. The molecule has 5 rings (SSSR count). The highest BCUT2D eigenvalue weighted by Crippen LogP contribution is 2.32. The summed E-state index contributed by atoms with van der Waals surface area (Å²) in [5.74, 6) is -2.83. The largest absolute Gasteiger partial charge is 0.361 e. The lowest BCUT2D eigenvalue weighted by molar-refractivity contribution is -0.121. The highest BCUT2D eigenvalue weighted by Gasteiger charge is 2.23. The van der Waals surface area contributed by atoms with Crippen molar-refractivity contribution >= 4 is 28.4 Å². The summed E-state index contributed by atoms with van der Waals surface area (Å²) in [6.07, 6.45) is 3.42. The van der Waals surface area contributed by atoms with Crippen molar-refractivity contribution in [2.45, 2.75) is 25.8 Å². The Morgan fingerprint density at radius 1 is 0.950 bits per heavy atom. The van der Waals surface area contributed by atoms with E-state index in [9.17, 15) is 22.8 Å². The molecule has 0 fully saturated rings. The van der Waals surface area contributed by atoms with E-state index >= 15 is 0 Å². The van der Waals surface area contributed by atoms with Crippen molar-refractivity contribution in [1.82, 2.24) is 15.3 Å². The highest BCUT2D eigenvalue weighted by atomic mass is 19.1. The lowest BCUT2D eigenvalue weighted by atomic mass is 9.95. The number of aromatic nitrogens is 2. The van der Waals surface area contributed by atoms with E-state index in [1.165, 1.54) is 37.3 Å². The first-order valence-electron chi connectivity index (χ1n) is 12.6. The predicted octanol–water partition coefficient (Wildman–Crippen LogP) is 6.25. The number of para-hydroxylation sites is 1. The standard InChI is InChI=1S/C31H25F3N4O2/c1-18(39)37-28-14-20(8-9-26(28)34)25-6-4-10-35-31(25)29(13-19-11-22(32)16-23(33)12-19)38-30(40)15-21-17-36-27-7-3-2-5-24(21)27/h2-12,14,16-17,29,36H,13,15H2,1H3,(H,37,39)(H,38,40)/t29-/m0/s1. The first-order valence-corrected chi connectivity index (χ1v) is 12.6. The van der Waals surface area contributed by atoms with Crippen molar-refractivity contribution < 1.29 is 22.8 Å². The monoisotopic (exact) mass is 542 g/mol. The number of aromatic amines is 1. The summed E-state index contributed by atoms with van der Waals surface area (Å²) in [7, 11) is 0. The normalized spacial score (nSPS) is 11.8. The van der Waals surface area contributed by atoms with Crippen molar-refractivity contribution in [3.63, 3.8) is 0 Å². The number of anilines is 1. The van der Waals surface area contributed by atoms with Gasteiger partial charge in [0.15, 0.2) is 0 Å². The molecule has 2 aromatic heterocycles. The third kappa shape index (κ3) is 6.04. The molecule has 2 heterocycles. The SMILES string of the molecule is CC(=O)Nc1cc(-c2cccnc2[C@H](Cc2cc(F)cc(F)c2)NC(=O)Cc2c[nH]c3ccccc23)ccc1F. The maximum absolute atomic E-state index is 14.4. The van der Waals surface area contributed by atoms with Gasteiger partial charge in [0.2, 0.25) is 11.8 Å². The van der Waals surface area contributed by atoms with Crippen molar-refractivity contribution in [3.8, 4) is 11.1 Å². The van der Waals surface area contributed by atoms with Crippen molar-refractivity contribution in [2.75, 3.05) is 5.32 Å². The molecule has 0 saturated carbocycles. The van der Waals surface area contributed by atoms with Gasteiger partial charge in [0.1, 0.15) is 17.5 Å². The van der Waals surface area contributed by atoms with Gasteiger partial charge in [0, 0.05) is 41.9 Å². The predicted molar refractivity (Wildman–Crippen MR) is 147 cm³/mol. The quantitative estimate of drug-likeness (QED) is 0.217. The molecule has 1 atom stereocenters. The molecule has 40 heavy (non-hydrogen) atoms. The van der Waals surface area contributed by atoms with Gasteiger partial charge in [-0.15, -0.1) is 0 Å². The average molecular weight is 543 g/mol. The number of halogens is 3. The number of hydrogen-bond acceptors (Lipinski definition) is 3. The van der Waals surface area contributed by atoms with Crippen LogP contribution in [0.15, 0.2) is 85.2 Å². The molecular formula is C31H25F3N4O2. The molecule has 202 valence electrons. The first-order chi connectivity index (χ1) is 19.3. The molecule has 0 radical (unpaired) electrons. The summed E-state index contributed by atoms with van der Waals surface area (Å²) >= 11 is 0. The Labute approximate surface area is 228 Å². The Hall–Kier alpha value is -4.92. The molecule has 3 aromatic carbocycles. The van der Waals surface area contributed by atoms with E-state index in [-0.39, 0.29) is 24.4 Å². The summed E-state index contributed by atoms with van der Waals surface area (Å²) < 4.78 is 42.5. The fourth-order valence-corrected chi connectivity index (χ4v) is 4.79. The highest BCUT2D eigenvalue weighted by molar-refractivity contribution is 5.90. The Morgan fingerprint density at radius 2 is 1.73 bits per heavy atom. The van der Waals surface area contributed by atoms with Crippen LogP contribution in [0.3, 0.4) is 0 Å². The minimum Gasteiger partial charge on any atom is -0.361 e. The second-order valence-electron chi connectivity index (χ2n) is 9.45. The Morgan fingerprint density at radius 3 is 2.50 bits per heavy atom.